The van der Waals surface area contributed by atoms with Crippen molar-refractivity contribution in [2.24, 2.45) is 5.92 Å². The Morgan fingerprint density at radius 3 is 2.57 bits per heavy atom. The molecule has 1 spiro atoms. The molecule has 2 aromatic carbocycles. The molecule has 2 saturated heterocycles. The standard InChI is InChI=1S/C31H39N3O7Si/c1-5-13-34-25-12-11-23(33-15-17-40-30(33)38)18-24(25)31(29(34)37)21(2)28(42(3,4)39)26(41-31)19-27(36)32(14-16-35)20-22-9-7-6-8-10-22/h5-12,18,21,26,28,35,39H,1,13-17,19-20H2,2-4H3/t21-,26+,28-,31+/m0/s1. The predicted molar refractivity (Wildman–Crippen MR) is 160 cm³/mol. The lowest BCUT2D eigenvalue weighted by Gasteiger charge is -2.32. The van der Waals surface area contributed by atoms with Crippen LogP contribution in [0.1, 0.15) is 24.5 Å². The van der Waals surface area contributed by atoms with Crippen LogP contribution in [0.4, 0.5) is 16.2 Å². The zero-order valence-corrected chi connectivity index (χ0v) is 25.4. The number of benzene rings is 2. The molecule has 2 N–H and O–H groups in total. The van der Waals surface area contributed by atoms with E-state index in [4.69, 9.17) is 9.47 Å². The van der Waals surface area contributed by atoms with Gasteiger partial charge in [-0.25, -0.2) is 4.79 Å². The highest BCUT2D eigenvalue weighted by Crippen LogP contribution is 2.60. The summed E-state index contributed by atoms with van der Waals surface area (Å²) in [6, 6.07) is 14.9. The van der Waals surface area contributed by atoms with Gasteiger partial charge in [0.05, 0.1) is 31.4 Å². The zero-order chi connectivity index (χ0) is 30.2. The summed E-state index contributed by atoms with van der Waals surface area (Å²) in [4.78, 5) is 56.7. The molecule has 11 heteroatoms. The van der Waals surface area contributed by atoms with Gasteiger partial charge in [0, 0.05) is 42.3 Å². The van der Waals surface area contributed by atoms with Crippen LogP contribution in [0.15, 0.2) is 61.2 Å². The van der Waals surface area contributed by atoms with Gasteiger partial charge in [-0.3, -0.25) is 14.5 Å². The number of ether oxygens (including phenoxy) is 2. The van der Waals surface area contributed by atoms with Gasteiger partial charge in [0.15, 0.2) is 13.9 Å². The minimum Gasteiger partial charge on any atom is -0.447 e. The van der Waals surface area contributed by atoms with Crippen molar-refractivity contribution in [1.82, 2.24) is 4.90 Å². The summed E-state index contributed by atoms with van der Waals surface area (Å²) in [5.74, 6) is -0.974. The molecule has 224 valence electrons. The van der Waals surface area contributed by atoms with Crippen LogP contribution in [0.5, 0.6) is 0 Å². The number of hydrogen-bond donors (Lipinski definition) is 2. The number of cyclic esters (lactones) is 1. The molecule has 4 atom stereocenters. The van der Waals surface area contributed by atoms with E-state index < -0.39 is 37.6 Å². The maximum absolute atomic E-state index is 14.3. The molecule has 0 aromatic heterocycles. The fraction of sp³-hybridized carbons (Fsp3) is 0.452. The van der Waals surface area contributed by atoms with Crippen LogP contribution in [-0.2, 0) is 31.2 Å². The third-order valence-corrected chi connectivity index (χ3v) is 11.2. The number of fused-ring (bicyclic) bond motifs is 2. The summed E-state index contributed by atoms with van der Waals surface area (Å²) in [6.07, 6.45) is 0.398. The van der Waals surface area contributed by atoms with Gasteiger partial charge in [0.25, 0.3) is 5.91 Å². The second-order valence-corrected chi connectivity index (χ2v) is 15.7. The highest BCUT2D eigenvalue weighted by atomic mass is 28.4. The summed E-state index contributed by atoms with van der Waals surface area (Å²) in [5, 5.41) is 9.72. The van der Waals surface area contributed by atoms with E-state index in [1.54, 1.807) is 34.1 Å². The van der Waals surface area contributed by atoms with E-state index in [0.717, 1.165) is 5.56 Å². The quantitative estimate of drug-likeness (QED) is 0.320. The van der Waals surface area contributed by atoms with Crippen molar-refractivity contribution >= 4 is 37.6 Å². The number of hydrogen-bond acceptors (Lipinski definition) is 7. The number of anilines is 2. The minimum absolute atomic E-state index is 0.0528. The fourth-order valence-electron chi connectivity index (χ4n) is 6.89. The number of aliphatic hydroxyl groups is 1. The largest absolute Gasteiger partial charge is 0.447 e. The van der Waals surface area contributed by atoms with Gasteiger partial charge >= 0.3 is 6.09 Å². The molecule has 3 heterocycles. The van der Waals surface area contributed by atoms with E-state index in [1.807, 2.05) is 50.3 Å². The van der Waals surface area contributed by atoms with E-state index in [2.05, 4.69) is 6.58 Å². The first-order valence-corrected chi connectivity index (χ1v) is 17.4. The third-order valence-electron chi connectivity index (χ3n) is 8.67. The molecule has 0 aliphatic carbocycles. The van der Waals surface area contributed by atoms with Crippen LogP contribution in [0, 0.1) is 5.92 Å². The highest BCUT2D eigenvalue weighted by molar-refractivity contribution is 6.71. The van der Waals surface area contributed by atoms with Crippen molar-refractivity contribution in [2.75, 3.05) is 42.6 Å². The van der Waals surface area contributed by atoms with E-state index in [9.17, 15) is 24.3 Å². The van der Waals surface area contributed by atoms with Crippen LogP contribution in [-0.4, -0.2) is 80.0 Å². The maximum Gasteiger partial charge on any atom is 0.414 e. The van der Waals surface area contributed by atoms with Crippen LogP contribution < -0.4 is 9.80 Å². The van der Waals surface area contributed by atoms with Crippen LogP contribution in [0.3, 0.4) is 0 Å². The van der Waals surface area contributed by atoms with Crippen molar-refractivity contribution in [3.8, 4) is 0 Å². The van der Waals surface area contributed by atoms with Gasteiger partial charge in [-0.2, -0.15) is 0 Å². The number of aliphatic hydroxyl groups excluding tert-OH is 1. The number of carbonyl (C=O) groups excluding carboxylic acids is 3. The number of carbonyl (C=O) groups is 3. The summed E-state index contributed by atoms with van der Waals surface area (Å²) in [7, 11) is -3.00. The molecule has 10 nitrogen and oxygen atoms in total. The summed E-state index contributed by atoms with van der Waals surface area (Å²) >= 11 is 0. The molecule has 5 rings (SSSR count). The molecular weight excluding hydrogens is 554 g/mol. The van der Waals surface area contributed by atoms with Crippen LogP contribution in [0.25, 0.3) is 0 Å². The topological polar surface area (TPSA) is 120 Å². The number of amides is 3. The Balaban J connectivity index is 1.53. The summed E-state index contributed by atoms with van der Waals surface area (Å²) in [6.45, 7) is 10.5. The molecule has 3 aliphatic heterocycles. The first kappa shape index (κ1) is 30.0. The molecule has 0 unspecified atom stereocenters. The Morgan fingerprint density at radius 1 is 1.21 bits per heavy atom. The van der Waals surface area contributed by atoms with Crippen LogP contribution in [0.2, 0.25) is 18.6 Å². The van der Waals surface area contributed by atoms with E-state index in [0.29, 0.717) is 30.0 Å². The Hall–Kier alpha value is -3.51. The summed E-state index contributed by atoms with van der Waals surface area (Å²) < 4.78 is 11.9. The average molecular weight is 594 g/mol. The molecule has 2 aromatic rings. The van der Waals surface area contributed by atoms with Gasteiger partial charge < -0.3 is 29.2 Å². The van der Waals surface area contributed by atoms with Crippen molar-refractivity contribution < 1.29 is 33.8 Å². The Bertz CT molecular complexity index is 1360. The normalized spacial score (nSPS) is 25.2. The number of rotatable bonds is 10. The second kappa shape index (κ2) is 11.6. The molecular formula is C31H39N3O7Si. The summed E-state index contributed by atoms with van der Waals surface area (Å²) in [5.41, 5.74) is 0.869. The van der Waals surface area contributed by atoms with Gasteiger partial charge in [-0.15, -0.1) is 6.58 Å². The lowest BCUT2D eigenvalue weighted by atomic mass is 9.82. The molecule has 0 radical (unpaired) electrons. The lowest BCUT2D eigenvalue weighted by molar-refractivity contribution is -0.149. The predicted octanol–water partition coefficient (Wildman–Crippen LogP) is 3.38. The van der Waals surface area contributed by atoms with Gasteiger partial charge in [-0.05, 0) is 36.9 Å². The van der Waals surface area contributed by atoms with Gasteiger partial charge in [0.1, 0.15) is 6.61 Å². The van der Waals surface area contributed by atoms with E-state index in [-0.39, 0.29) is 44.5 Å². The van der Waals surface area contributed by atoms with E-state index in [1.165, 1.54) is 4.90 Å². The Morgan fingerprint density at radius 2 is 1.95 bits per heavy atom. The van der Waals surface area contributed by atoms with Crippen molar-refractivity contribution in [1.29, 1.82) is 0 Å². The second-order valence-electron chi connectivity index (χ2n) is 11.8. The van der Waals surface area contributed by atoms with Crippen molar-refractivity contribution in [2.45, 2.75) is 50.2 Å². The van der Waals surface area contributed by atoms with Crippen LogP contribution >= 0.6 is 0 Å². The smallest absolute Gasteiger partial charge is 0.414 e. The Kier molecular flexibility index (Phi) is 8.30. The monoisotopic (exact) mass is 593 g/mol. The molecule has 3 amide bonds. The average Bonchev–Trinajstić information content (AvgIpc) is 3.58. The first-order chi connectivity index (χ1) is 20.0. The van der Waals surface area contributed by atoms with Gasteiger partial charge in [0.2, 0.25) is 5.91 Å². The maximum atomic E-state index is 14.3. The first-order valence-electron chi connectivity index (χ1n) is 14.4. The SMILES string of the molecule is C=CCN1C(=O)[C@]2(O[C@H](CC(=O)N(CCO)Cc3ccccc3)[C@@H]([Si](C)(C)O)[C@@H]2C)c2cc(N3CCOC3=O)ccc21. The zero-order valence-electron chi connectivity index (χ0n) is 24.4. The number of nitrogens with zero attached hydrogens (tertiary/aromatic N) is 3. The fourth-order valence-corrected chi connectivity index (χ4v) is 9.44. The van der Waals surface area contributed by atoms with Crippen molar-refractivity contribution in [3.05, 3.63) is 72.3 Å². The lowest BCUT2D eigenvalue weighted by Crippen LogP contribution is -2.46. The molecule has 3 aliphatic rings. The Labute approximate surface area is 247 Å². The van der Waals surface area contributed by atoms with E-state index >= 15 is 0 Å². The molecule has 0 saturated carbocycles. The van der Waals surface area contributed by atoms with Crippen molar-refractivity contribution in [3.63, 3.8) is 0 Å². The molecule has 2 fully saturated rings. The third kappa shape index (κ3) is 5.15. The highest BCUT2D eigenvalue weighted by Gasteiger charge is 2.66. The minimum atomic E-state index is -3.00. The van der Waals surface area contributed by atoms with Gasteiger partial charge in [-0.1, -0.05) is 43.3 Å². The molecule has 0 bridgehead atoms. The molecule has 42 heavy (non-hydrogen) atoms.